The molecule has 0 fully saturated rings. The normalized spacial score (nSPS) is 10.8. The van der Waals surface area contributed by atoms with Crippen molar-refractivity contribution in [3.05, 3.63) is 50.0 Å². The molecule has 0 spiro atoms. The van der Waals surface area contributed by atoms with E-state index in [1.807, 2.05) is 19.2 Å². The van der Waals surface area contributed by atoms with Crippen LogP contribution >= 0.6 is 11.6 Å². The highest BCUT2D eigenvalue weighted by atomic mass is 35.5. The van der Waals surface area contributed by atoms with Crippen molar-refractivity contribution in [3.8, 4) is 0 Å². The molecule has 0 aromatic carbocycles. The monoisotopic (exact) mass is 282 g/mol. The lowest BCUT2D eigenvalue weighted by atomic mass is 10.2. The standard InChI is InChI=1S/C12H15ClN4O2/c1-2-9-10(13)15-12(19)17(11(9)18)8-4-7-16-6-3-5-14-16/h3,5-6H,2,4,7-8H2,1H3,(H,15,19). The summed E-state index contributed by atoms with van der Waals surface area (Å²) in [6, 6.07) is 1.83. The molecule has 7 heteroatoms. The lowest BCUT2D eigenvalue weighted by Gasteiger charge is -2.08. The Balaban J connectivity index is 2.16. The van der Waals surface area contributed by atoms with E-state index in [2.05, 4.69) is 10.1 Å². The Morgan fingerprint density at radius 3 is 2.79 bits per heavy atom. The Kier molecular flexibility index (Phi) is 4.21. The first-order chi connectivity index (χ1) is 9.13. The first-order valence-corrected chi connectivity index (χ1v) is 6.50. The Labute approximate surface area is 114 Å². The van der Waals surface area contributed by atoms with Gasteiger partial charge < -0.3 is 0 Å². The molecule has 2 aromatic heterocycles. The smallest absolute Gasteiger partial charge is 0.297 e. The third-order valence-electron chi connectivity index (χ3n) is 2.91. The van der Waals surface area contributed by atoms with E-state index < -0.39 is 5.69 Å². The summed E-state index contributed by atoms with van der Waals surface area (Å²) in [6.07, 6.45) is 4.67. The van der Waals surface area contributed by atoms with Crippen LogP contribution in [0.4, 0.5) is 0 Å². The Morgan fingerprint density at radius 2 is 2.16 bits per heavy atom. The van der Waals surface area contributed by atoms with Crippen LogP contribution < -0.4 is 11.2 Å². The van der Waals surface area contributed by atoms with Gasteiger partial charge >= 0.3 is 5.69 Å². The summed E-state index contributed by atoms with van der Waals surface area (Å²) in [7, 11) is 0. The highest BCUT2D eigenvalue weighted by Crippen LogP contribution is 2.05. The van der Waals surface area contributed by atoms with Crippen molar-refractivity contribution in [3.63, 3.8) is 0 Å². The summed E-state index contributed by atoms with van der Waals surface area (Å²) >= 11 is 5.84. The molecule has 0 bridgehead atoms. The third kappa shape index (κ3) is 2.96. The molecule has 19 heavy (non-hydrogen) atoms. The van der Waals surface area contributed by atoms with Gasteiger partial charge in [-0.2, -0.15) is 5.10 Å². The summed E-state index contributed by atoms with van der Waals surface area (Å²) in [4.78, 5) is 26.3. The third-order valence-corrected chi connectivity index (χ3v) is 3.23. The Hall–Kier alpha value is -1.82. The Bertz CT molecular complexity index is 657. The van der Waals surface area contributed by atoms with Gasteiger partial charge in [0.05, 0.1) is 5.56 Å². The van der Waals surface area contributed by atoms with E-state index in [0.717, 1.165) is 0 Å². The maximum atomic E-state index is 12.1. The van der Waals surface area contributed by atoms with Gasteiger partial charge in [-0.1, -0.05) is 18.5 Å². The molecular weight excluding hydrogens is 268 g/mol. The molecule has 2 aromatic rings. The molecule has 0 aliphatic heterocycles. The fraction of sp³-hybridized carbons (Fsp3) is 0.417. The number of rotatable bonds is 5. The molecule has 2 rings (SSSR count). The molecule has 0 aliphatic rings. The second-order valence-corrected chi connectivity index (χ2v) is 4.53. The fourth-order valence-electron chi connectivity index (χ4n) is 1.92. The minimum atomic E-state index is -0.465. The molecule has 102 valence electrons. The number of nitrogens with one attached hydrogen (secondary N) is 1. The highest BCUT2D eigenvalue weighted by molar-refractivity contribution is 6.30. The van der Waals surface area contributed by atoms with Gasteiger partial charge in [0.15, 0.2) is 0 Å². The fourth-order valence-corrected chi connectivity index (χ4v) is 2.21. The van der Waals surface area contributed by atoms with Gasteiger partial charge in [-0.15, -0.1) is 0 Å². The average molecular weight is 283 g/mol. The number of hydrogen-bond acceptors (Lipinski definition) is 3. The summed E-state index contributed by atoms with van der Waals surface area (Å²) in [5.41, 5.74) is -0.329. The van der Waals surface area contributed by atoms with E-state index in [1.165, 1.54) is 4.57 Å². The van der Waals surface area contributed by atoms with E-state index in [1.54, 1.807) is 10.9 Å². The van der Waals surface area contributed by atoms with Crippen LogP contribution in [0, 0.1) is 0 Å². The summed E-state index contributed by atoms with van der Waals surface area (Å²) < 4.78 is 2.95. The van der Waals surface area contributed by atoms with E-state index in [4.69, 9.17) is 11.6 Å². The van der Waals surface area contributed by atoms with Gasteiger partial charge in [-0.05, 0) is 18.9 Å². The molecule has 0 saturated carbocycles. The van der Waals surface area contributed by atoms with Gasteiger partial charge in [-0.25, -0.2) is 4.79 Å². The van der Waals surface area contributed by atoms with Gasteiger partial charge in [0.2, 0.25) is 0 Å². The summed E-state index contributed by atoms with van der Waals surface area (Å²) in [5.74, 6) is 0. The Morgan fingerprint density at radius 1 is 1.37 bits per heavy atom. The maximum Gasteiger partial charge on any atom is 0.329 e. The maximum absolute atomic E-state index is 12.1. The molecule has 0 aliphatic carbocycles. The van der Waals surface area contributed by atoms with Gasteiger partial charge in [-0.3, -0.25) is 19.0 Å². The van der Waals surface area contributed by atoms with Crippen LogP contribution in [-0.4, -0.2) is 19.3 Å². The van der Waals surface area contributed by atoms with Gasteiger partial charge in [0.1, 0.15) is 5.15 Å². The zero-order chi connectivity index (χ0) is 13.8. The SMILES string of the molecule is CCc1c(Cl)[nH]c(=O)n(CCCn2cccn2)c1=O. The number of nitrogens with zero attached hydrogens (tertiary/aromatic N) is 3. The van der Waals surface area contributed by atoms with Crippen molar-refractivity contribution in [1.29, 1.82) is 0 Å². The molecule has 6 nitrogen and oxygen atoms in total. The molecule has 0 atom stereocenters. The second kappa shape index (κ2) is 5.88. The molecule has 1 N–H and O–H groups in total. The first kappa shape index (κ1) is 13.6. The molecular formula is C12H15ClN4O2. The molecule has 0 unspecified atom stereocenters. The lowest BCUT2D eigenvalue weighted by molar-refractivity contribution is 0.505. The predicted octanol–water partition coefficient (Wildman–Crippen LogP) is 1.04. The van der Waals surface area contributed by atoms with Crippen molar-refractivity contribution >= 4 is 11.6 Å². The topological polar surface area (TPSA) is 72.7 Å². The molecule has 2 heterocycles. The zero-order valence-corrected chi connectivity index (χ0v) is 11.4. The predicted molar refractivity (Wildman–Crippen MR) is 72.6 cm³/mol. The first-order valence-electron chi connectivity index (χ1n) is 6.12. The van der Waals surface area contributed by atoms with Crippen LogP contribution in [0.3, 0.4) is 0 Å². The summed E-state index contributed by atoms with van der Waals surface area (Å²) in [6.45, 7) is 2.83. The number of hydrogen-bond donors (Lipinski definition) is 1. The van der Waals surface area contributed by atoms with Crippen molar-refractivity contribution in [2.24, 2.45) is 0 Å². The van der Waals surface area contributed by atoms with E-state index >= 15 is 0 Å². The van der Waals surface area contributed by atoms with Crippen LogP contribution in [0.25, 0.3) is 0 Å². The second-order valence-electron chi connectivity index (χ2n) is 4.16. The van der Waals surface area contributed by atoms with Crippen LogP contribution in [-0.2, 0) is 19.5 Å². The minimum absolute atomic E-state index is 0.140. The number of aromatic nitrogens is 4. The molecule has 0 radical (unpaired) electrons. The number of aryl methyl sites for hydroxylation is 1. The van der Waals surface area contributed by atoms with Crippen molar-refractivity contribution in [2.45, 2.75) is 32.9 Å². The average Bonchev–Trinajstić information content (AvgIpc) is 2.86. The quantitative estimate of drug-likeness (QED) is 0.833. The van der Waals surface area contributed by atoms with E-state index in [-0.39, 0.29) is 10.7 Å². The molecule has 0 saturated heterocycles. The van der Waals surface area contributed by atoms with E-state index in [0.29, 0.717) is 31.5 Å². The largest absolute Gasteiger partial charge is 0.329 e. The van der Waals surface area contributed by atoms with Gasteiger partial charge in [0.25, 0.3) is 5.56 Å². The zero-order valence-electron chi connectivity index (χ0n) is 10.6. The van der Waals surface area contributed by atoms with Crippen LogP contribution in [0.1, 0.15) is 18.9 Å². The highest BCUT2D eigenvalue weighted by Gasteiger charge is 2.10. The van der Waals surface area contributed by atoms with Crippen LogP contribution in [0.5, 0.6) is 0 Å². The minimum Gasteiger partial charge on any atom is -0.297 e. The number of H-pyrrole nitrogens is 1. The van der Waals surface area contributed by atoms with E-state index in [9.17, 15) is 9.59 Å². The number of aromatic amines is 1. The van der Waals surface area contributed by atoms with Gasteiger partial charge in [0, 0.05) is 25.5 Å². The van der Waals surface area contributed by atoms with Crippen LogP contribution in [0.15, 0.2) is 28.0 Å². The molecule has 0 amide bonds. The van der Waals surface area contributed by atoms with Crippen molar-refractivity contribution in [1.82, 2.24) is 19.3 Å². The number of halogens is 1. The summed E-state index contributed by atoms with van der Waals surface area (Å²) in [5, 5.41) is 4.20. The lowest BCUT2D eigenvalue weighted by Crippen LogP contribution is -2.37. The van der Waals surface area contributed by atoms with Crippen LogP contribution in [0.2, 0.25) is 5.15 Å². The van der Waals surface area contributed by atoms with Crippen molar-refractivity contribution < 1.29 is 0 Å². The van der Waals surface area contributed by atoms with Crippen molar-refractivity contribution in [2.75, 3.05) is 0 Å².